The molecule has 1 saturated heterocycles. The zero-order chi connectivity index (χ0) is 28.5. The number of nitrogens with one attached hydrogen (secondary N) is 1. The van der Waals surface area contributed by atoms with Gasteiger partial charge in [-0.25, -0.2) is 4.79 Å². The lowest BCUT2D eigenvalue weighted by Gasteiger charge is -2.31. The highest BCUT2D eigenvalue weighted by Gasteiger charge is 2.38. The summed E-state index contributed by atoms with van der Waals surface area (Å²) in [5.74, 6) is -3.43. The molecule has 1 aliphatic heterocycles. The van der Waals surface area contributed by atoms with E-state index < -0.39 is 29.8 Å². The van der Waals surface area contributed by atoms with E-state index in [9.17, 15) is 35.9 Å². The zero-order valence-electron chi connectivity index (χ0n) is 20.4. The van der Waals surface area contributed by atoms with Gasteiger partial charge in [0.25, 0.3) is 5.91 Å². The highest BCUT2D eigenvalue weighted by Crippen LogP contribution is 2.29. The molecule has 7 nitrogen and oxygen atoms in total. The van der Waals surface area contributed by atoms with Crippen molar-refractivity contribution in [1.29, 1.82) is 0 Å². The third kappa shape index (κ3) is 9.36. The monoisotopic (exact) mass is 547 g/mol. The van der Waals surface area contributed by atoms with E-state index in [1.165, 1.54) is 17.0 Å². The molecule has 0 bridgehead atoms. The van der Waals surface area contributed by atoms with Crippen molar-refractivity contribution < 1.29 is 45.8 Å². The zero-order valence-corrected chi connectivity index (χ0v) is 20.4. The Labute approximate surface area is 215 Å². The molecule has 0 radical (unpaired) electrons. The molecule has 1 heterocycles. The van der Waals surface area contributed by atoms with Gasteiger partial charge in [0.05, 0.1) is 5.56 Å². The molecular formula is C25H27F6N3O4. The van der Waals surface area contributed by atoms with Crippen LogP contribution in [0.4, 0.5) is 26.3 Å². The van der Waals surface area contributed by atoms with E-state index in [0.717, 1.165) is 17.7 Å². The van der Waals surface area contributed by atoms with Gasteiger partial charge in [-0.05, 0) is 35.7 Å². The summed E-state index contributed by atoms with van der Waals surface area (Å²) in [5.41, 5.74) is 0.328. The summed E-state index contributed by atoms with van der Waals surface area (Å²) in [6.07, 6.45) is -9.55. The predicted octanol–water partition coefficient (Wildman–Crippen LogP) is 4.02. The van der Waals surface area contributed by atoms with Crippen LogP contribution in [-0.2, 0) is 15.8 Å². The highest BCUT2D eigenvalue weighted by molar-refractivity contribution is 5.96. The smallest absolute Gasteiger partial charge is 0.475 e. The second-order valence-electron chi connectivity index (χ2n) is 8.51. The summed E-state index contributed by atoms with van der Waals surface area (Å²) in [7, 11) is 0. The van der Waals surface area contributed by atoms with Crippen LogP contribution in [0.3, 0.4) is 0 Å². The fourth-order valence-corrected chi connectivity index (χ4v) is 3.60. The molecule has 0 aliphatic carbocycles. The number of carbonyl (C=O) groups excluding carboxylic acids is 2. The van der Waals surface area contributed by atoms with E-state index in [0.29, 0.717) is 26.2 Å². The fraction of sp³-hybridized carbons (Fsp3) is 0.400. The van der Waals surface area contributed by atoms with E-state index in [1.54, 1.807) is 4.90 Å². The summed E-state index contributed by atoms with van der Waals surface area (Å²) in [4.78, 5) is 38.0. The normalized spacial score (nSPS) is 14.7. The topological polar surface area (TPSA) is 90.0 Å². The maximum atomic E-state index is 13.2. The van der Waals surface area contributed by atoms with Gasteiger partial charge in [0.15, 0.2) is 0 Å². The minimum Gasteiger partial charge on any atom is -0.475 e. The van der Waals surface area contributed by atoms with Crippen LogP contribution >= 0.6 is 0 Å². The lowest BCUT2D eigenvalue weighted by atomic mass is 10.00. The first-order valence-corrected chi connectivity index (χ1v) is 11.5. The van der Waals surface area contributed by atoms with Crippen molar-refractivity contribution in [1.82, 2.24) is 15.1 Å². The molecule has 3 rings (SSSR count). The number of hydrogen-bond acceptors (Lipinski definition) is 4. The quantitative estimate of drug-likeness (QED) is 0.534. The van der Waals surface area contributed by atoms with Gasteiger partial charge in [-0.1, -0.05) is 37.3 Å². The number of hydrogen-bond donors (Lipinski definition) is 2. The van der Waals surface area contributed by atoms with Crippen molar-refractivity contribution in [2.24, 2.45) is 0 Å². The summed E-state index contributed by atoms with van der Waals surface area (Å²) in [6, 6.07) is 13.7. The predicted molar refractivity (Wildman–Crippen MR) is 125 cm³/mol. The first kappa shape index (κ1) is 30.6. The molecule has 38 heavy (non-hydrogen) atoms. The highest BCUT2D eigenvalue weighted by atomic mass is 19.4. The Morgan fingerprint density at radius 2 is 1.47 bits per heavy atom. The van der Waals surface area contributed by atoms with Crippen LogP contribution in [0, 0.1) is 0 Å². The van der Waals surface area contributed by atoms with Gasteiger partial charge < -0.3 is 20.2 Å². The second-order valence-corrected chi connectivity index (χ2v) is 8.51. The molecule has 2 amide bonds. The maximum Gasteiger partial charge on any atom is 0.490 e. The lowest BCUT2D eigenvalue weighted by Crippen LogP contribution is -2.50. The summed E-state index contributed by atoms with van der Waals surface area (Å²) in [5, 5.41) is 10.3. The van der Waals surface area contributed by atoms with E-state index in [-0.39, 0.29) is 30.5 Å². The van der Waals surface area contributed by atoms with Gasteiger partial charge in [-0.15, -0.1) is 0 Å². The van der Waals surface area contributed by atoms with Crippen LogP contribution in [0.15, 0.2) is 54.6 Å². The van der Waals surface area contributed by atoms with E-state index in [2.05, 4.69) is 5.32 Å². The molecule has 2 N–H and O–H groups in total. The van der Waals surface area contributed by atoms with Crippen LogP contribution in [0.2, 0.25) is 0 Å². The van der Waals surface area contributed by atoms with Crippen LogP contribution in [0.1, 0.15) is 34.3 Å². The number of benzene rings is 2. The third-order valence-electron chi connectivity index (χ3n) is 5.65. The number of alkyl halides is 6. The number of halogens is 6. The first-order chi connectivity index (χ1) is 17.7. The first-order valence-electron chi connectivity index (χ1n) is 11.5. The van der Waals surface area contributed by atoms with E-state index in [1.807, 2.05) is 37.3 Å². The standard InChI is InChI=1S/C23H26F3N3O2.C2HF3O2/c1-17(18-5-3-2-4-6-18)15-29(16-21(30)28-13-11-27-12-14-28)22(31)19-7-9-20(10-8-19)23(24,25)26;3-2(4,5)1(6)7/h2-10,17,27H,11-16H2,1H3;(H,6,7). The molecule has 13 heteroatoms. The number of carbonyl (C=O) groups is 3. The number of carboxylic acid groups (broad SMARTS) is 1. The fourth-order valence-electron chi connectivity index (χ4n) is 3.60. The van der Waals surface area contributed by atoms with Crippen LogP contribution in [0.5, 0.6) is 0 Å². The lowest BCUT2D eigenvalue weighted by molar-refractivity contribution is -0.192. The van der Waals surface area contributed by atoms with Crippen LogP contribution < -0.4 is 5.32 Å². The molecule has 1 unspecified atom stereocenters. The van der Waals surface area contributed by atoms with Crippen molar-refractivity contribution >= 4 is 17.8 Å². The molecule has 1 aliphatic rings. The summed E-state index contributed by atoms with van der Waals surface area (Å²) >= 11 is 0. The average molecular weight is 547 g/mol. The molecule has 1 fully saturated rings. The number of carboxylic acids is 1. The molecule has 0 aromatic heterocycles. The second kappa shape index (κ2) is 13.3. The molecule has 2 aromatic rings. The number of nitrogens with zero attached hydrogens (tertiary/aromatic N) is 2. The molecule has 208 valence electrons. The Bertz CT molecular complexity index is 1070. The van der Waals surface area contributed by atoms with Crippen LogP contribution in [-0.4, -0.2) is 78.1 Å². The Kier molecular flexibility index (Phi) is 10.7. The van der Waals surface area contributed by atoms with Gasteiger partial charge in [-0.2, -0.15) is 26.3 Å². The number of piperazine rings is 1. The molecule has 0 spiro atoms. The van der Waals surface area contributed by atoms with Crippen molar-refractivity contribution in [3.63, 3.8) is 0 Å². The molecule has 0 saturated carbocycles. The molecule has 2 aromatic carbocycles. The van der Waals surface area contributed by atoms with Crippen molar-refractivity contribution in [2.75, 3.05) is 39.3 Å². The Balaban J connectivity index is 0.000000638. The minimum atomic E-state index is -5.08. The van der Waals surface area contributed by atoms with Gasteiger partial charge in [0.1, 0.15) is 6.54 Å². The Hall–Kier alpha value is -3.61. The van der Waals surface area contributed by atoms with Crippen molar-refractivity contribution in [3.8, 4) is 0 Å². The number of rotatable bonds is 6. The minimum absolute atomic E-state index is 0.0459. The van der Waals surface area contributed by atoms with Gasteiger partial charge in [0.2, 0.25) is 5.91 Å². The summed E-state index contributed by atoms with van der Waals surface area (Å²) < 4.78 is 70.3. The maximum absolute atomic E-state index is 13.2. The molecular weight excluding hydrogens is 520 g/mol. The van der Waals surface area contributed by atoms with E-state index in [4.69, 9.17) is 9.90 Å². The average Bonchev–Trinajstić information content (AvgIpc) is 2.88. The largest absolute Gasteiger partial charge is 0.490 e. The summed E-state index contributed by atoms with van der Waals surface area (Å²) in [6.45, 7) is 4.64. The van der Waals surface area contributed by atoms with E-state index >= 15 is 0 Å². The van der Waals surface area contributed by atoms with Crippen molar-refractivity contribution in [3.05, 3.63) is 71.3 Å². The van der Waals surface area contributed by atoms with Gasteiger partial charge in [-0.3, -0.25) is 9.59 Å². The third-order valence-corrected chi connectivity index (χ3v) is 5.65. The number of aliphatic carboxylic acids is 1. The number of amides is 2. The van der Waals surface area contributed by atoms with Crippen LogP contribution in [0.25, 0.3) is 0 Å². The van der Waals surface area contributed by atoms with Gasteiger partial charge >= 0.3 is 18.3 Å². The Morgan fingerprint density at radius 1 is 0.947 bits per heavy atom. The van der Waals surface area contributed by atoms with Crippen molar-refractivity contribution in [2.45, 2.75) is 25.2 Å². The van der Waals surface area contributed by atoms with Gasteiger partial charge in [0, 0.05) is 38.3 Å². The molecule has 1 atom stereocenters. The SMILES string of the molecule is CC(CN(CC(=O)N1CCNCC1)C(=O)c1ccc(C(F)(F)F)cc1)c1ccccc1.O=C(O)C(F)(F)F. The Morgan fingerprint density at radius 3 is 1.95 bits per heavy atom.